The second-order valence-electron chi connectivity index (χ2n) is 5.20. The monoisotopic (exact) mass is 353 g/mol. The molecule has 1 N–H and O–H groups in total. The third-order valence-corrected chi connectivity index (χ3v) is 4.41. The van der Waals surface area contributed by atoms with Crippen molar-refractivity contribution in [3.63, 3.8) is 0 Å². The maximum Gasteiger partial charge on any atom is 0.225 e. The lowest BCUT2D eigenvalue weighted by Gasteiger charge is -2.06. The molecule has 0 saturated heterocycles. The predicted molar refractivity (Wildman–Crippen MR) is 96.1 cm³/mol. The fourth-order valence-corrected chi connectivity index (χ4v) is 3.06. The number of para-hydroxylation sites is 1. The topological polar surface area (TPSA) is 81.2 Å². The number of nitrogens with one attached hydrogen (secondary N) is 1. The van der Waals surface area contributed by atoms with Crippen molar-refractivity contribution in [2.45, 2.75) is 6.92 Å². The summed E-state index contributed by atoms with van der Waals surface area (Å²) in [6, 6.07) is 14.2. The summed E-state index contributed by atoms with van der Waals surface area (Å²) in [6.45, 7) is 1.40. The molecule has 2 aromatic carbocycles. The molecule has 25 heavy (non-hydrogen) atoms. The van der Waals surface area contributed by atoms with Crippen LogP contribution in [0.4, 0.5) is 5.69 Å². The average Bonchev–Trinajstić information content (AvgIpc) is 3.11. The molecule has 0 radical (unpaired) electrons. The summed E-state index contributed by atoms with van der Waals surface area (Å²) in [5.41, 5.74) is 1.70. The molecule has 0 saturated carbocycles. The van der Waals surface area contributed by atoms with Crippen LogP contribution in [-0.4, -0.2) is 29.0 Å². The van der Waals surface area contributed by atoms with E-state index in [1.54, 1.807) is 31.4 Å². The van der Waals surface area contributed by atoms with E-state index in [4.69, 9.17) is 4.74 Å². The molecule has 3 aromatic rings. The number of amides is 1. The molecule has 0 aliphatic heterocycles. The number of ether oxygens (including phenoxy) is 1. The van der Waals surface area contributed by atoms with Crippen LogP contribution in [0.5, 0.6) is 5.75 Å². The number of nitrogens with zero attached hydrogens (tertiary/aromatic N) is 2. The fourth-order valence-electron chi connectivity index (χ4n) is 2.26. The first-order valence-electron chi connectivity index (χ1n) is 7.47. The van der Waals surface area contributed by atoms with Crippen LogP contribution in [-0.2, 0) is 4.79 Å². The van der Waals surface area contributed by atoms with E-state index < -0.39 is 0 Å². The molecule has 6 nitrogen and oxygen atoms in total. The highest BCUT2D eigenvalue weighted by atomic mass is 32.1. The van der Waals surface area contributed by atoms with Crippen molar-refractivity contribution >= 4 is 28.7 Å². The van der Waals surface area contributed by atoms with Crippen LogP contribution in [0.3, 0.4) is 0 Å². The SMILES string of the molecule is COc1ccc(-c2nnc(C(=O)c3ccccc3NC(C)=O)s2)cc1. The highest BCUT2D eigenvalue weighted by molar-refractivity contribution is 7.16. The highest BCUT2D eigenvalue weighted by Gasteiger charge is 2.19. The van der Waals surface area contributed by atoms with Gasteiger partial charge >= 0.3 is 0 Å². The van der Waals surface area contributed by atoms with E-state index in [1.165, 1.54) is 18.3 Å². The fraction of sp³-hybridized carbons (Fsp3) is 0.111. The number of benzene rings is 2. The molecule has 0 aliphatic rings. The molecule has 0 atom stereocenters. The van der Waals surface area contributed by atoms with Gasteiger partial charge in [0.1, 0.15) is 10.8 Å². The average molecular weight is 353 g/mol. The summed E-state index contributed by atoms with van der Waals surface area (Å²) >= 11 is 1.20. The van der Waals surface area contributed by atoms with Gasteiger partial charge in [0, 0.05) is 18.1 Å². The van der Waals surface area contributed by atoms with Gasteiger partial charge in [-0.05, 0) is 36.4 Å². The number of rotatable bonds is 5. The number of ketones is 1. The van der Waals surface area contributed by atoms with Crippen molar-refractivity contribution in [2.24, 2.45) is 0 Å². The van der Waals surface area contributed by atoms with Crippen LogP contribution in [0, 0.1) is 0 Å². The number of hydrogen-bond acceptors (Lipinski definition) is 6. The van der Waals surface area contributed by atoms with Crippen LogP contribution in [0.2, 0.25) is 0 Å². The van der Waals surface area contributed by atoms with E-state index in [2.05, 4.69) is 15.5 Å². The summed E-state index contributed by atoms with van der Waals surface area (Å²) in [5.74, 6) is 0.229. The number of anilines is 1. The van der Waals surface area contributed by atoms with Crippen molar-refractivity contribution in [1.29, 1.82) is 0 Å². The first-order chi connectivity index (χ1) is 12.1. The number of aromatic nitrogens is 2. The number of carbonyl (C=O) groups is 2. The molecule has 7 heteroatoms. The molecule has 1 heterocycles. The van der Waals surface area contributed by atoms with E-state index >= 15 is 0 Å². The lowest BCUT2D eigenvalue weighted by molar-refractivity contribution is -0.114. The lowest BCUT2D eigenvalue weighted by Crippen LogP contribution is -2.11. The Bertz CT molecular complexity index is 919. The third-order valence-electron chi connectivity index (χ3n) is 3.44. The number of methoxy groups -OCH3 is 1. The Labute approximate surface area is 148 Å². The largest absolute Gasteiger partial charge is 0.497 e. The van der Waals surface area contributed by atoms with Gasteiger partial charge in [-0.15, -0.1) is 10.2 Å². The van der Waals surface area contributed by atoms with Crippen LogP contribution in [0.25, 0.3) is 10.6 Å². The van der Waals surface area contributed by atoms with Crippen LogP contribution < -0.4 is 10.1 Å². The van der Waals surface area contributed by atoms with E-state index in [9.17, 15) is 9.59 Å². The van der Waals surface area contributed by atoms with Crippen LogP contribution in [0.15, 0.2) is 48.5 Å². The van der Waals surface area contributed by atoms with Crippen molar-refractivity contribution in [3.05, 3.63) is 59.1 Å². The highest BCUT2D eigenvalue weighted by Crippen LogP contribution is 2.28. The Morgan fingerprint density at radius 1 is 1.04 bits per heavy atom. The lowest BCUT2D eigenvalue weighted by atomic mass is 10.1. The Morgan fingerprint density at radius 2 is 1.76 bits per heavy atom. The Balaban J connectivity index is 1.89. The van der Waals surface area contributed by atoms with E-state index in [0.29, 0.717) is 16.3 Å². The number of hydrogen-bond donors (Lipinski definition) is 1. The molecule has 1 amide bonds. The molecular weight excluding hydrogens is 338 g/mol. The second-order valence-corrected chi connectivity index (χ2v) is 6.17. The van der Waals surface area contributed by atoms with Gasteiger partial charge in [-0.25, -0.2) is 0 Å². The maximum atomic E-state index is 12.7. The molecule has 1 aromatic heterocycles. The van der Waals surface area contributed by atoms with Gasteiger partial charge in [0.25, 0.3) is 0 Å². The first kappa shape index (κ1) is 16.8. The minimum Gasteiger partial charge on any atom is -0.497 e. The molecule has 0 spiro atoms. The quantitative estimate of drug-likeness (QED) is 0.711. The van der Waals surface area contributed by atoms with Crippen LogP contribution >= 0.6 is 11.3 Å². The molecule has 0 unspecified atom stereocenters. The van der Waals surface area contributed by atoms with Gasteiger partial charge in [-0.1, -0.05) is 23.5 Å². The zero-order valence-electron chi connectivity index (χ0n) is 13.6. The predicted octanol–water partition coefficient (Wildman–Crippen LogP) is 3.40. The Hall–Kier alpha value is -3.06. The molecule has 126 valence electrons. The summed E-state index contributed by atoms with van der Waals surface area (Å²) < 4.78 is 5.13. The van der Waals surface area contributed by atoms with Gasteiger partial charge in [0.15, 0.2) is 5.01 Å². The van der Waals surface area contributed by atoms with Gasteiger partial charge < -0.3 is 10.1 Å². The standard InChI is InChI=1S/C18H15N3O3S/c1-11(22)19-15-6-4-3-5-14(15)16(23)18-21-20-17(25-18)12-7-9-13(24-2)10-8-12/h3-10H,1-2H3,(H,19,22). The summed E-state index contributed by atoms with van der Waals surface area (Å²) in [6.07, 6.45) is 0. The van der Waals surface area contributed by atoms with Crippen molar-refractivity contribution in [3.8, 4) is 16.3 Å². The molecule has 0 aliphatic carbocycles. The van der Waals surface area contributed by atoms with Gasteiger partial charge in [-0.2, -0.15) is 0 Å². The van der Waals surface area contributed by atoms with Gasteiger partial charge in [0.2, 0.25) is 11.7 Å². The second kappa shape index (κ2) is 7.23. The first-order valence-corrected chi connectivity index (χ1v) is 8.29. The van der Waals surface area contributed by atoms with Crippen molar-refractivity contribution in [2.75, 3.05) is 12.4 Å². The zero-order valence-corrected chi connectivity index (χ0v) is 14.5. The Kier molecular flexibility index (Phi) is 4.85. The smallest absolute Gasteiger partial charge is 0.225 e. The molecule has 0 bridgehead atoms. The summed E-state index contributed by atoms with van der Waals surface area (Å²) in [7, 11) is 1.60. The molecule has 3 rings (SSSR count). The molecule has 0 fully saturated rings. The zero-order chi connectivity index (χ0) is 17.8. The normalized spacial score (nSPS) is 10.3. The van der Waals surface area contributed by atoms with Gasteiger partial charge in [0.05, 0.1) is 12.8 Å². The van der Waals surface area contributed by atoms with Gasteiger partial charge in [-0.3, -0.25) is 9.59 Å². The van der Waals surface area contributed by atoms with E-state index in [0.717, 1.165) is 11.3 Å². The third kappa shape index (κ3) is 3.72. The minimum absolute atomic E-state index is 0.239. The Morgan fingerprint density at radius 3 is 2.44 bits per heavy atom. The minimum atomic E-state index is -0.276. The number of carbonyl (C=O) groups excluding carboxylic acids is 2. The summed E-state index contributed by atoms with van der Waals surface area (Å²) in [5, 5.41) is 11.7. The van der Waals surface area contributed by atoms with Crippen LogP contribution in [0.1, 0.15) is 22.3 Å². The van der Waals surface area contributed by atoms with E-state index in [-0.39, 0.29) is 16.7 Å². The maximum absolute atomic E-state index is 12.7. The molecular formula is C18H15N3O3S. The summed E-state index contributed by atoms with van der Waals surface area (Å²) in [4.78, 5) is 24.0. The van der Waals surface area contributed by atoms with Crippen molar-refractivity contribution < 1.29 is 14.3 Å². The van der Waals surface area contributed by atoms with Crippen molar-refractivity contribution in [1.82, 2.24) is 10.2 Å². The van der Waals surface area contributed by atoms with E-state index in [1.807, 2.05) is 24.3 Å².